The average Bonchev–Trinajstić information content (AvgIpc) is 3.22. The van der Waals surface area contributed by atoms with Crippen molar-refractivity contribution in [2.24, 2.45) is 0 Å². The third-order valence-corrected chi connectivity index (χ3v) is 12.3. The molecular weight excluding hydrogens is 781 g/mol. The first-order valence-corrected chi connectivity index (χ1v) is 26.6. The van der Waals surface area contributed by atoms with Gasteiger partial charge < -0.3 is 25.2 Å². The number of hydrogen-bond donors (Lipinski definition) is 4. The summed E-state index contributed by atoms with van der Waals surface area (Å²) in [6.45, 7) is 2.65. The minimum atomic E-state index is -4.75. The number of carbonyl (C=O) groups excluding carboxylic acids is 2. The van der Waals surface area contributed by atoms with E-state index in [-0.39, 0.29) is 12.8 Å². The largest absolute Gasteiger partial charge is 0.480 e. The lowest BCUT2D eigenvalue weighted by molar-refractivity contribution is -0.147. The summed E-state index contributed by atoms with van der Waals surface area (Å²) in [5, 5.41) is 21.9. The van der Waals surface area contributed by atoms with Crippen molar-refractivity contribution in [2.75, 3.05) is 19.8 Å². The molecule has 356 valence electrons. The van der Waals surface area contributed by atoms with Crippen molar-refractivity contribution >= 4 is 25.7 Å². The molecule has 0 aromatic carbocycles. The van der Waals surface area contributed by atoms with E-state index in [0.29, 0.717) is 12.8 Å². The second kappa shape index (κ2) is 44.1. The van der Waals surface area contributed by atoms with Crippen LogP contribution in [0, 0.1) is 0 Å². The van der Waals surface area contributed by atoms with Gasteiger partial charge in [-0.15, -0.1) is 0 Å². The van der Waals surface area contributed by atoms with Gasteiger partial charge in [0.15, 0.2) is 6.04 Å². The molecule has 0 saturated carbocycles. The van der Waals surface area contributed by atoms with E-state index in [9.17, 15) is 34.1 Å². The number of unbranched alkanes of at least 4 members (excludes halogenated alkanes) is 34. The van der Waals surface area contributed by atoms with Crippen LogP contribution >= 0.6 is 7.82 Å². The molecule has 0 aromatic heterocycles. The van der Waals surface area contributed by atoms with E-state index < -0.39 is 57.6 Å². The maximum Gasteiger partial charge on any atom is 0.472 e. The number of esters is 1. The smallest absolute Gasteiger partial charge is 0.472 e. The fraction of sp³-hybridized carbons (Fsp3) is 0.938. The zero-order valence-corrected chi connectivity index (χ0v) is 39.7. The van der Waals surface area contributed by atoms with Gasteiger partial charge in [-0.3, -0.25) is 18.6 Å². The fourth-order valence-corrected chi connectivity index (χ4v) is 8.27. The summed E-state index contributed by atoms with van der Waals surface area (Å²) in [5.41, 5.74) is 0. The van der Waals surface area contributed by atoms with Crippen LogP contribution in [-0.4, -0.2) is 64.9 Å². The van der Waals surface area contributed by atoms with Gasteiger partial charge in [-0.25, -0.2) is 9.36 Å². The number of amides is 1. The molecule has 0 radical (unpaired) electrons. The molecule has 11 nitrogen and oxygen atoms in total. The molecule has 0 heterocycles. The van der Waals surface area contributed by atoms with Gasteiger partial charge in [0.25, 0.3) is 0 Å². The maximum atomic E-state index is 12.4. The van der Waals surface area contributed by atoms with Crippen LogP contribution in [0.25, 0.3) is 0 Å². The monoisotopic (exact) mass is 876 g/mol. The minimum Gasteiger partial charge on any atom is -0.480 e. The number of phosphoric acid groups is 1. The molecule has 1 amide bonds. The Hall–Kier alpha value is -1.52. The molecule has 0 rings (SSSR count). The Bertz CT molecular complexity index is 1030. The Balaban J connectivity index is 3.80. The highest BCUT2D eigenvalue weighted by Crippen LogP contribution is 2.43. The van der Waals surface area contributed by atoms with Crippen LogP contribution in [0.1, 0.15) is 258 Å². The Morgan fingerprint density at radius 2 is 0.767 bits per heavy atom. The third kappa shape index (κ3) is 43.1. The summed E-state index contributed by atoms with van der Waals surface area (Å²) < 4.78 is 26.9. The molecule has 0 saturated heterocycles. The number of aliphatic hydroxyl groups is 1. The van der Waals surface area contributed by atoms with Crippen molar-refractivity contribution in [3.8, 4) is 0 Å². The molecule has 0 fully saturated rings. The fourth-order valence-electron chi connectivity index (χ4n) is 7.50. The number of carbonyl (C=O) groups is 3. The zero-order chi connectivity index (χ0) is 44.2. The number of hydrogen-bond acceptors (Lipinski definition) is 8. The maximum absolute atomic E-state index is 12.4. The lowest BCUT2D eigenvalue weighted by Gasteiger charge is -2.18. The van der Waals surface area contributed by atoms with E-state index in [1.54, 1.807) is 0 Å². The highest BCUT2D eigenvalue weighted by Gasteiger charge is 2.28. The van der Waals surface area contributed by atoms with Crippen molar-refractivity contribution in [2.45, 2.75) is 270 Å². The third-order valence-electron chi connectivity index (χ3n) is 11.4. The Morgan fingerprint density at radius 1 is 0.467 bits per heavy atom. The molecular formula is C48H94NO10P. The normalized spacial score (nSPS) is 13.5. The van der Waals surface area contributed by atoms with E-state index in [1.807, 2.05) is 0 Å². The van der Waals surface area contributed by atoms with Crippen molar-refractivity contribution in [3.63, 3.8) is 0 Å². The highest BCUT2D eigenvalue weighted by atomic mass is 31.2. The summed E-state index contributed by atoms with van der Waals surface area (Å²) in [4.78, 5) is 46.1. The molecule has 12 heteroatoms. The molecule has 0 bridgehead atoms. The molecule has 0 aromatic rings. The average molecular weight is 876 g/mol. The van der Waals surface area contributed by atoms with Gasteiger partial charge in [-0.05, 0) is 12.8 Å². The lowest BCUT2D eigenvalue weighted by atomic mass is 10.0. The minimum absolute atomic E-state index is 0.153. The first-order valence-electron chi connectivity index (χ1n) is 25.1. The van der Waals surface area contributed by atoms with E-state index in [4.69, 9.17) is 13.8 Å². The molecule has 60 heavy (non-hydrogen) atoms. The van der Waals surface area contributed by atoms with Crippen LogP contribution in [0.4, 0.5) is 0 Å². The Labute approximate surface area is 367 Å². The summed E-state index contributed by atoms with van der Waals surface area (Å²) in [7, 11) is -4.75. The SMILES string of the molecule is CCCCCCCCCCCCCCCCCCCCCCC(=O)NC(COP(=O)(O)OCC(O)COC(=O)CCCCCCCCCCCCCCCCCC)C(=O)O. The number of aliphatic hydroxyl groups excluding tert-OH is 1. The highest BCUT2D eigenvalue weighted by molar-refractivity contribution is 7.47. The standard InChI is InChI=1S/C48H94NO10P/c1-3-5-7-9-11-13-15-17-19-21-22-23-24-25-27-29-31-33-35-37-39-46(51)49-45(48(53)54)43-59-60(55,56)58-42-44(50)41-57-47(52)40-38-36-34-32-30-28-26-20-18-16-14-12-10-8-6-4-2/h44-45,50H,3-43H2,1-2H3,(H,49,51)(H,53,54)(H,55,56). The number of carboxylic acids is 1. The predicted octanol–water partition coefficient (Wildman–Crippen LogP) is 13.5. The molecule has 0 aliphatic carbocycles. The Morgan fingerprint density at radius 3 is 1.10 bits per heavy atom. The Kier molecular flexibility index (Phi) is 43.0. The van der Waals surface area contributed by atoms with Crippen LogP contribution in [0.15, 0.2) is 0 Å². The van der Waals surface area contributed by atoms with Gasteiger partial charge in [0.05, 0.1) is 13.2 Å². The van der Waals surface area contributed by atoms with Gasteiger partial charge in [0.2, 0.25) is 5.91 Å². The summed E-state index contributed by atoms with van der Waals surface area (Å²) >= 11 is 0. The van der Waals surface area contributed by atoms with Crippen molar-refractivity contribution < 1.29 is 47.8 Å². The second-order valence-corrected chi connectivity index (χ2v) is 18.8. The number of rotatable bonds is 48. The number of ether oxygens (including phenoxy) is 1. The molecule has 3 unspecified atom stereocenters. The van der Waals surface area contributed by atoms with Gasteiger partial charge in [0, 0.05) is 12.8 Å². The lowest BCUT2D eigenvalue weighted by Crippen LogP contribution is -2.43. The van der Waals surface area contributed by atoms with Crippen LogP contribution < -0.4 is 5.32 Å². The molecule has 0 spiro atoms. The first-order chi connectivity index (χ1) is 29.1. The first kappa shape index (κ1) is 58.5. The quantitative estimate of drug-likeness (QED) is 0.0262. The van der Waals surface area contributed by atoms with Crippen molar-refractivity contribution in [1.29, 1.82) is 0 Å². The van der Waals surface area contributed by atoms with Crippen LogP contribution in [0.3, 0.4) is 0 Å². The molecule has 0 aliphatic rings. The summed E-state index contributed by atoms with van der Waals surface area (Å²) in [5.74, 6) is -2.35. The number of carboxylic acid groups (broad SMARTS) is 1. The topological polar surface area (TPSA) is 169 Å². The number of aliphatic carboxylic acids is 1. The van der Waals surface area contributed by atoms with E-state index in [1.165, 1.54) is 180 Å². The second-order valence-electron chi connectivity index (χ2n) is 17.4. The zero-order valence-electron chi connectivity index (χ0n) is 38.8. The molecule has 3 atom stereocenters. The van der Waals surface area contributed by atoms with E-state index >= 15 is 0 Å². The predicted molar refractivity (Wildman–Crippen MR) is 245 cm³/mol. The summed E-state index contributed by atoms with van der Waals surface area (Å²) in [6, 6.07) is -1.54. The van der Waals surface area contributed by atoms with Gasteiger partial charge in [0.1, 0.15) is 12.7 Å². The van der Waals surface area contributed by atoms with Crippen molar-refractivity contribution in [3.05, 3.63) is 0 Å². The van der Waals surface area contributed by atoms with Crippen LogP contribution in [0.2, 0.25) is 0 Å². The number of phosphoric ester groups is 1. The van der Waals surface area contributed by atoms with E-state index in [0.717, 1.165) is 38.5 Å². The van der Waals surface area contributed by atoms with Gasteiger partial charge in [-0.2, -0.15) is 0 Å². The number of nitrogens with one attached hydrogen (secondary N) is 1. The molecule has 4 N–H and O–H groups in total. The van der Waals surface area contributed by atoms with Gasteiger partial charge >= 0.3 is 19.8 Å². The van der Waals surface area contributed by atoms with E-state index in [2.05, 4.69) is 19.2 Å². The van der Waals surface area contributed by atoms with Crippen LogP contribution in [-0.2, 0) is 32.7 Å². The summed E-state index contributed by atoms with van der Waals surface area (Å²) in [6.07, 6.45) is 44.1. The van der Waals surface area contributed by atoms with Crippen molar-refractivity contribution in [1.82, 2.24) is 5.32 Å². The van der Waals surface area contributed by atoms with Gasteiger partial charge in [-0.1, -0.05) is 232 Å². The van der Waals surface area contributed by atoms with Crippen LogP contribution in [0.5, 0.6) is 0 Å². The molecule has 0 aliphatic heterocycles.